The number of ether oxygens (including phenoxy) is 3. The van der Waals surface area contributed by atoms with Crippen molar-refractivity contribution in [3.63, 3.8) is 0 Å². The van der Waals surface area contributed by atoms with E-state index < -0.39 is 5.82 Å². The number of anilines is 2. The van der Waals surface area contributed by atoms with Crippen molar-refractivity contribution in [1.82, 2.24) is 19.7 Å². The van der Waals surface area contributed by atoms with Gasteiger partial charge in [0, 0.05) is 49.0 Å². The van der Waals surface area contributed by atoms with E-state index in [2.05, 4.69) is 10.1 Å². The van der Waals surface area contributed by atoms with Gasteiger partial charge in [0.2, 0.25) is 0 Å². The Hall–Kier alpha value is -3.41. The summed E-state index contributed by atoms with van der Waals surface area (Å²) in [4.78, 5) is 11.3. The zero-order valence-electron chi connectivity index (χ0n) is 21.6. The number of aromatic nitrogens is 4. The predicted molar refractivity (Wildman–Crippen MR) is 146 cm³/mol. The maximum atomic E-state index is 15.5. The molecule has 1 aliphatic rings. The predicted octanol–water partition coefficient (Wildman–Crippen LogP) is 5.78. The van der Waals surface area contributed by atoms with E-state index in [0.717, 1.165) is 42.6 Å². The SMILES string of the molecule is COc1cc(OC)c(F)c(N(CCOSC)c2ccc3ncc(-c4cnn(C5CCCCO5)c4)nc3c2)c1. The van der Waals surface area contributed by atoms with Gasteiger partial charge in [-0.25, -0.2) is 14.1 Å². The van der Waals surface area contributed by atoms with E-state index in [9.17, 15) is 0 Å². The van der Waals surface area contributed by atoms with E-state index in [4.69, 9.17) is 23.4 Å². The van der Waals surface area contributed by atoms with Gasteiger partial charge in [-0.2, -0.15) is 5.10 Å². The normalized spacial score (nSPS) is 15.5. The molecule has 9 nitrogen and oxygen atoms in total. The molecule has 1 saturated heterocycles. The van der Waals surface area contributed by atoms with Crippen LogP contribution < -0.4 is 14.4 Å². The smallest absolute Gasteiger partial charge is 0.188 e. The summed E-state index contributed by atoms with van der Waals surface area (Å²) in [6.07, 6.45) is 10.4. The van der Waals surface area contributed by atoms with Gasteiger partial charge in [-0.15, -0.1) is 0 Å². The summed E-state index contributed by atoms with van der Waals surface area (Å²) in [7, 11) is 2.96. The molecule has 5 rings (SSSR count). The molecule has 0 amide bonds. The van der Waals surface area contributed by atoms with Crippen LogP contribution in [0.2, 0.25) is 0 Å². The van der Waals surface area contributed by atoms with Gasteiger partial charge < -0.3 is 23.3 Å². The Kier molecular flexibility index (Phi) is 8.26. The molecule has 38 heavy (non-hydrogen) atoms. The maximum absolute atomic E-state index is 15.5. The van der Waals surface area contributed by atoms with Crippen molar-refractivity contribution in [2.75, 3.05) is 45.1 Å². The van der Waals surface area contributed by atoms with Gasteiger partial charge in [0.25, 0.3) is 0 Å². The number of halogens is 1. The topological polar surface area (TPSA) is 83.8 Å². The maximum Gasteiger partial charge on any atom is 0.188 e. The number of rotatable bonds is 10. The number of hydrogen-bond donors (Lipinski definition) is 0. The van der Waals surface area contributed by atoms with Gasteiger partial charge in [-0.1, -0.05) is 0 Å². The summed E-state index contributed by atoms with van der Waals surface area (Å²) in [6.45, 7) is 1.50. The van der Waals surface area contributed by atoms with Crippen molar-refractivity contribution in [3.05, 3.63) is 54.7 Å². The lowest BCUT2D eigenvalue weighted by molar-refractivity contribution is -0.0394. The Bertz CT molecular complexity index is 1400. The molecular weight excluding hydrogens is 509 g/mol. The Labute approximate surface area is 225 Å². The quantitative estimate of drug-likeness (QED) is 0.184. The van der Waals surface area contributed by atoms with Gasteiger partial charge in [-0.05, 0) is 49.5 Å². The van der Waals surface area contributed by atoms with Crippen molar-refractivity contribution < 1.29 is 22.8 Å². The number of hydrogen-bond acceptors (Lipinski definition) is 9. The molecular formula is C27H30FN5O4S. The van der Waals surface area contributed by atoms with Crippen LogP contribution in [0, 0.1) is 5.82 Å². The van der Waals surface area contributed by atoms with Crippen LogP contribution in [-0.2, 0) is 8.92 Å². The van der Waals surface area contributed by atoms with Crippen LogP contribution in [0.5, 0.6) is 11.5 Å². The molecule has 1 unspecified atom stereocenters. The van der Waals surface area contributed by atoms with Crippen LogP contribution in [0.25, 0.3) is 22.3 Å². The van der Waals surface area contributed by atoms with E-state index in [0.29, 0.717) is 35.8 Å². The highest BCUT2D eigenvalue weighted by Crippen LogP contribution is 2.37. The van der Waals surface area contributed by atoms with Crippen LogP contribution in [0.4, 0.5) is 15.8 Å². The van der Waals surface area contributed by atoms with Gasteiger partial charge >= 0.3 is 0 Å². The Morgan fingerprint density at radius 1 is 1.13 bits per heavy atom. The molecule has 1 fully saturated rings. The van der Waals surface area contributed by atoms with Gasteiger partial charge in [0.1, 0.15) is 12.0 Å². The zero-order chi connectivity index (χ0) is 26.5. The van der Waals surface area contributed by atoms with Crippen LogP contribution in [0.3, 0.4) is 0 Å². The third kappa shape index (κ3) is 5.54. The van der Waals surface area contributed by atoms with Crippen molar-refractivity contribution in [2.24, 2.45) is 0 Å². The Morgan fingerprint density at radius 2 is 2.03 bits per heavy atom. The van der Waals surface area contributed by atoms with Gasteiger partial charge in [-0.3, -0.25) is 4.98 Å². The molecule has 1 atom stereocenters. The number of benzene rings is 2. The third-order valence-electron chi connectivity index (χ3n) is 6.44. The lowest BCUT2D eigenvalue weighted by Gasteiger charge is -2.26. The summed E-state index contributed by atoms with van der Waals surface area (Å²) >= 11 is 1.26. The molecule has 2 aromatic carbocycles. The molecule has 1 aliphatic heterocycles. The Morgan fingerprint density at radius 3 is 2.79 bits per heavy atom. The number of methoxy groups -OCH3 is 2. The fourth-order valence-corrected chi connectivity index (χ4v) is 4.73. The molecule has 0 radical (unpaired) electrons. The number of fused-ring (bicyclic) bond motifs is 1. The second-order valence-electron chi connectivity index (χ2n) is 8.76. The highest BCUT2D eigenvalue weighted by Gasteiger charge is 2.21. The minimum Gasteiger partial charge on any atom is -0.497 e. The minimum atomic E-state index is -0.491. The fraction of sp³-hybridized carbons (Fsp3) is 0.370. The van der Waals surface area contributed by atoms with E-state index in [1.54, 1.807) is 18.5 Å². The monoisotopic (exact) mass is 539 g/mol. The van der Waals surface area contributed by atoms with Crippen LogP contribution >= 0.6 is 12.0 Å². The molecule has 4 aromatic rings. The van der Waals surface area contributed by atoms with Crippen molar-refractivity contribution in [3.8, 4) is 22.8 Å². The molecule has 0 spiro atoms. The molecule has 0 saturated carbocycles. The molecule has 0 bridgehead atoms. The average Bonchev–Trinajstić information content (AvgIpc) is 3.46. The summed E-state index contributed by atoms with van der Waals surface area (Å²) in [5, 5.41) is 4.50. The first-order valence-electron chi connectivity index (χ1n) is 12.4. The first-order valence-corrected chi connectivity index (χ1v) is 13.5. The van der Waals surface area contributed by atoms with Gasteiger partial charge in [0.15, 0.2) is 11.6 Å². The van der Waals surface area contributed by atoms with Crippen LogP contribution in [0.1, 0.15) is 25.5 Å². The minimum absolute atomic E-state index is 0.0515. The number of nitrogens with zero attached hydrogens (tertiary/aromatic N) is 5. The summed E-state index contributed by atoms with van der Waals surface area (Å²) in [5.74, 6) is 0.0857. The zero-order valence-corrected chi connectivity index (χ0v) is 22.4. The molecule has 2 aromatic heterocycles. The first-order chi connectivity index (χ1) is 18.6. The van der Waals surface area contributed by atoms with Crippen molar-refractivity contribution in [1.29, 1.82) is 0 Å². The summed E-state index contributed by atoms with van der Waals surface area (Å²) < 4.78 is 39.4. The highest BCUT2D eigenvalue weighted by atomic mass is 32.2. The summed E-state index contributed by atoms with van der Waals surface area (Å²) in [5.41, 5.74) is 3.99. The van der Waals surface area contributed by atoms with Crippen molar-refractivity contribution in [2.45, 2.75) is 25.5 Å². The van der Waals surface area contributed by atoms with E-state index >= 15 is 4.39 Å². The van der Waals surface area contributed by atoms with Crippen LogP contribution in [-0.4, -0.2) is 60.0 Å². The first kappa shape index (κ1) is 26.2. The third-order valence-corrected chi connectivity index (χ3v) is 6.84. The summed E-state index contributed by atoms with van der Waals surface area (Å²) in [6, 6.07) is 8.82. The van der Waals surface area contributed by atoms with Gasteiger partial charge in [0.05, 0.1) is 55.6 Å². The molecule has 11 heteroatoms. The lowest BCUT2D eigenvalue weighted by atomic mass is 10.1. The molecule has 0 N–H and O–H groups in total. The van der Waals surface area contributed by atoms with E-state index in [-0.39, 0.29) is 12.0 Å². The van der Waals surface area contributed by atoms with Crippen LogP contribution in [0.15, 0.2) is 48.9 Å². The van der Waals surface area contributed by atoms with Crippen molar-refractivity contribution >= 4 is 34.5 Å². The molecule has 3 heterocycles. The Balaban J connectivity index is 1.51. The van der Waals surface area contributed by atoms with E-state index in [1.807, 2.05) is 40.2 Å². The second-order valence-corrected chi connectivity index (χ2v) is 9.33. The molecule has 200 valence electrons. The standard InChI is InChI=1S/C27H30FN5O4S/c1-34-20-13-24(27(28)25(14-20)35-2)32(9-11-37-38-3)19-7-8-21-22(12-19)31-23(16-29-21)18-15-30-33(17-18)26-6-4-5-10-36-26/h7-8,12-17,26H,4-6,9-11H2,1-3H3. The lowest BCUT2D eigenvalue weighted by Crippen LogP contribution is -2.23. The average molecular weight is 540 g/mol. The highest BCUT2D eigenvalue weighted by molar-refractivity contribution is 7.93. The second kappa shape index (κ2) is 12.0. The van der Waals surface area contributed by atoms with E-state index in [1.165, 1.54) is 32.3 Å². The largest absolute Gasteiger partial charge is 0.497 e. The fourth-order valence-electron chi connectivity index (χ4n) is 4.49. The molecule has 0 aliphatic carbocycles.